The number of ether oxygens (including phenoxy) is 1. The summed E-state index contributed by atoms with van der Waals surface area (Å²) in [5.74, 6) is -4.08. The number of hydrogen-bond donors (Lipinski definition) is 4. The van der Waals surface area contributed by atoms with Crippen LogP contribution in [0.1, 0.15) is 12.8 Å². The highest BCUT2D eigenvalue weighted by molar-refractivity contribution is 5.88. The number of rotatable bonds is 9. The first-order chi connectivity index (χ1) is 11.6. The van der Waals surface area contributed by atoms with Crippen LogP contribution in [0.15, 0.2) is 30.3 Å². The van der Waals surface area contributed by atoms with Crippen LogP contribution in [-0.4, -0.2) is 76.1 Å². The molecule has 0 saturated heterocycles. The highest BCUT2D eigenvalue weighted by Crippen LogP contribution is 2.15. The monoisotopic (exact) mass is 357 g/mol. The van der Waals surface area contributed by atoms with Crippen molar-refractivity contribution in [2.75, 3.05) is 27.2 Å². The van der Waals surface area contributed by atoms with Gasteiger partial charge in [-0.15, -0.1) is 0 Å². The quantitative estimate of drug-likeness (QED) is 0.493. The minimum Gasteiger partial charge on any atom is -0.492 e. The van der Waals surface area contributed by atoms with E-state index in [2.05, 4.69) is 4.90 Å². The normalized spacial score (nSPS) is 10.6. The Balaban J connectivity index is 0.000000462. The fraction of sp³-hybridized carbons (Fsp3) is 0.438. The Hall–Kier alpha value is -2.65. The molecule has 0 spiro atoms. The lowest BCUT2D eigenvalue weighted by Crippen LogP contribution is -2.42. The molecule has 1 aromatic rings. The van der Waals surface area contributed by atoms with Gasteiger partial charge in [0.25, 0.3) is 0 Å². The van der Waals surface area contributed by atoms with Crippen molar-refractivity contribution in [1.82, 2.24) is 4.90 Å². The van der Waals surface area contributed by atoms with Gasteiger partial charge in [-0.1, -0.05) is 18.2 Å². The topological polar surface area (TPSA) is 145 Å². The predicted molar refractivity (Wildman–Crippen MR) is 87.6 cm³/mol. The van der Waals surface area contributed by atoms with Crippen LogP contribution >= 0.6 is 0 Å². The lowest BCUT2D eigenvalue weighted by Gasteiger charge is -2.18. The molecular formula is C16H23NO8. The Labute approximate surface area is 145 Å². The molecule has 25 heavy (non-hydrogen) atoms. The number of aliphatic carboxylic acids is 3. The van der Waals surface area contributed by atoms with Crippen LogP contribution in [0.5, 0.6) is 5.75 Å². The average molecular weight is 357 g/mol. The Morgan fingerprint density at radius 3 is 1.84 bits per heavy atom. The summed E-state index contributed by atoms with van der Waals surface area (Å²) >= 11 is 0. The minimum atomic E-state index is -2.74. The summed E-state index contributed by atoms with van der Waals surface area (Å²) in [6, 6.07) is 9.88. The van der Waals surface area contributed by atoms with Gasteiger partial charge in [-0.05, 0) is 26.2 Å². The van der Waals surface area contributed by atoms with Gasteiger partial charge in [-0.2, -0.15) is 0 Å². The zero-order valence-corrected chi connectivity index (χ0v) is 14.1. The van der Waals surface area contributed by atoms with Crippen molar-refractivity contribution < 1.29 is 39.5 Å². The van der Waals surface area contributed by atoms with Gasteiger partial charge in [-0.3, -0.25) is 9.59 Å². The maximum atomic E-state index is 10.3. The third-order valence-corrected chi connectivity index (χ3v) is 2.84. The van der Waals surface area contributed by atoms with Gasteiger partial charge in [0, 0.05) is 6.54 Å². The Bertz CT molecular complexity index is 543. The van der Waals surface area contributed by atoms with E-state index in [-0.39, 0.29) is 0 Å². The fourth-order valence-corrected chi connectivity index (χ4v) is 1.58. The van der Waals surface area contributed by atoms with Crippen LogP contribution in [0.3, 0.4) is 0 Å². The summed E-state index contributed by atoms with van der Waals surface area (Å²) in [6.07, 6.45) is -2.29. The standard InChI is InChI=1S/C10H15NO.C6H8O7/c1-11(2)8-9-12-10-6-4-3-5-7-10;7-3(8)1-6(13,5(11)12)2-4(9)10/h3-7H,8-9H2,1-2H3;13H,1-2H2,(H,7,8)(H,9,10)(H,11,12). The lowest BCUT2D eigenvalue weighted by atomic mass is 9.96. The van der Waals surface area contributed by atoms with E-state index in [0.29, 0.717) is 0 Å². The summed E-state index contributed by atoms with van der Waals surface area (Å²) in [6.45, 7) is 1.70. The third-order valence-electron chi connectivity index (χ3n) is 2.84. The minimum absolute atomic E-state index is 0.747. The molecule has 0 saturated carbocycles. The van der Waals surface area contributed by atoms with Crippen LogP contribution in [0, 0.1) is 0 Å². The van der Waals surface area contributed by atoms with Crippen LogP contribution in [0.2, 0.25) is 0 Å². The number of hydrogen-bond acceptors (Lipinski definition) is 6. The molecule has 140 valence electrons. The third kappa shape index (κ3) is 10.7. The van der Waals surface area contributed by atoms with Crippen LogP contribution in [-0.2, 0) is 14.4 Å². The molecule has 0 atom stereocenters. The number of carboxylic acid groups (broad SMARTS) is 3. The van der Waals surface area contributed by atoms with Gasteiger partial charge < -0.3 is 30.1 Å². The Morgan fingerprint density at radius 2 is 1.48 bits per heavy atom. The largest absolute Gasteiger partial charge is 0.492 e. The molecule has 0 aromatic heterocycles. The van der Waals surface area contributed by atoms with Crippen molar-refractivity contribution in [1.29, 1.82) is 0 Å². The van der Waals surface area contributed by atoms with Gasteiger partial charge in [0.15, 0.2) is 5.60 Å². The first-order valence-corrected chi connectivity index (χ1v) is 7.29. The summed E-state index contributed by atoms with van der Waals surface area (Å²) in [5.41, 5.74) is -2.74. The van der Waals surface area contributed by atoms with Crippen molar-refractivity contribution >= 4 is 17.9 Å². The zero-order chi connectivity index (χ0) is 19.5. The molecule has 9 nitrogen and oxygen atoms in total. The van der Waals surface area contributed by atoms with Gasteiger partial charge in [0.2, 0.25) is 0 Å². The van der Waals surface area contributed by atoms with Crippen molar-refractivity contribution in [3.63, 3.8) is 0 Å². The Kier molecular flexibility index (Phi) is 9.83. The van der Waals surface area contributed by atoms with Crippen LogP contribution in [0.25, 0.3) is 0 Å². The first-order valence-electron chi connectivity index (χ1n) is 7.29. The van der Waals surface area contributed by atoms with Crippen LogP contribution < -0.4 is 4.74 Å². The predicted octanol–water partition coefficient (Wildman–Crippen LogP) is 0.379. The van der Waals surface area contributed by atoms with E-state index < -0.39 is 36.4 Å². The van der Waals surface area contributed by atoms with Crippen molar-refractivity contribution in [3.8, 4) is 5.75 Å². The number of aliphatic hydroxyl groups is 1. The van der Waals surface area contributed by atoms with Crippen molar-refractivity contribution in [3.05, 3.63) is 30.3 Å². The van der Waals surface area contributed by atoms with Gasteiger partial charge in [0.1, 0.15) is 12.4 Å². The second kappa shape index (κ2) is 11.0. The molecule has 0 heterocycles. The van der Waals surface area contributed by atoms with E-state index in [9.17, 15) is 14.4 Å². The fourth-order valence-electron chi connectivity index (χ4n) is 1.58. The summed E-state index contributed by atoms with van der Waals surface area (Å²) in [5, 5.41) is 33.8. The smallest absolute Gasteiger partial charge is 0.336 e. The maximum Gasteiger partial charge on any atom is 0.336 e. The zero-order valence-electron chi connectivity index (χ0n) is 14.1. The van der Waals surface area contributed by atoms with Gasteiger partial charge in [-0.25, -0.2) is 4.79 Å². The van der Waals surface area contributed by atoms with E-state index in [4.69, 9.17) is 25.2 Å². The molecule has 0 bridgehead atoms. The SMILES string of the molecule is CN(C)CCOc1ccccc1.O=C(O)CC(O)(CC(=O)O)C(=O)O. The lowest BCUT2D eigenvalue weighted by molar-refractivity contribution is -0.170. The maximum absolute atomic E-state index is 10.3. The number of para-hydroxylation sites is 1. The number of carboxylic acids is 3. The molecule has 0 aliphatic heterocycles. The van der Waals surface area contributed by atoms with Crippen LogP contribution in [0.4, 0.5) is 0 Å². The van der Waals surface area contributed by atoms with Crippen molar-refractivity contribution in [2.45, 2.75) is 18.4 Å². The summed E-state index contributed by atoms with van der Waals surface area (Å²) in [4.78, 5) is 32.6. The molecule has 0 unspecified atom stereocenters. The molecule has 0 radical (unpaired) electrons. The second-order valence-corrected chi connectivity index (χ2v) is 5.44. The average Bonchev–Trinajstić information content (AvgIpc) is 2.46. The molecule has 9 heteroatoms. The van der Waals surface area contributed by atoms with E-state index >= 15 is 0 Å². The first kappa shape index (κ1) is 22.4. The van der Waals surface area contributed by atoms with E-state index in [1.54, 1.807) is 0 Å². The summed E-state index contributed by atoms with van der Waals surface area (Å²) in [7, 11) is 4.07. The van der Waals surface area contributed by atoms with Crippen molar-refractivity contribution in [2.24, 2.45) is 0 Å². The molecule has 4 N–H and O–H groups in total. The van der Waals surface area contributed by atoms with E-state index in [1.807, 2.05) is 44.4 Å². The van der Waals surface area contributed by atoms with E-state index in [1.165, 1.54) is 0 Å². The highest BCUT2D eigenvalue weighted by Gasteiger charge is 2.40. The van der Waals surface area contributed by atoms with E-state index in [0.717, 1.165) is 18.9 Å². The molecule has 0 fully saturated rings. The molecule has 1 rings (SSSR count). The molecule has 0 aliphatic carbocycles. The molecule has 0 amide bonds. The number of nitrogens with zero attached hydrogens (tertiary/aromatic N) is 1. The molecular weight excluding hydrogens is 334 g/mol. The van der Waals surface area contributed by atoms with Gasteiger partial charge in [0.05, 0.1) is 12.8 Å². The Morgan fingerprint density at radius 1 is 1.00 bits per heavy atom. The number of likely N-dealkylation sites (N-methyl/N-ethyl adjacent to an activating group) is 1. The van der Waals surface area contributed by atoms with Gasteiger partial charge >= 0.3 is 17.9 Å². The summed E-state index contributed by atoms with van der Waals surface area (Å²) < 4.78 is 5.48. The molecule has 0 aliphatic rings. The number of benzene rings is 1. The molecule has 1 aromatic carbocycles. The second-order valence-electron chi connectivity index (χ2n) is 5.44. The number of carbonyl (C=O) groups is 3. The highest BCUT2D eigenvalue weighted by atomic mass is 16.5.